The van der Waals surface area contributed by atoms with E-state index in [1.807, 2.05) is 23.6 Å². The van der Waals surface area contributed by atoms with Crippen molar-refractivity contribution in [3.63, 3.8) is 0 Å². The number of hydrogen-bond donors (Lipinski definition) is 1. The quantitative estimate of drug-likeness (QED) is 0.674. The first-order valence-electron chi connectivity index (χ1n) is 12.9. The molecule has 1 atom stereocenters. The van der Waals surface area contributed by atoms with Gasteiger partial charge >= 0.3 is 6.09 Å². The molecule has 0 bridgehead atoms. The molecule has 2 aromatic rings. The van der Waals surface area contributed by atoms with Crippen LogP contribution < -0.4 is 10.2 Å². The van der Waals surface area contributed by atoms with Gasteiger partial charge < -0.3 is 14.5 Å². The van der Waals surface area contributed by atoms with Gasteiger partial charge in [0.2, 0.25) is 11.8 Å². The molecule has 9 heteroatoms. The normalized spacial score (nSPS) is 22.5. The van der Waals surface area contributed by atoms with Gasteiger partial charge in [0, 0.05) is 50.7 Å². The van der Waals surface area contributed by atoms with Gasteiger partial charge in [-0.2, -0.15) is 5.10 Å². The highest BCUT2D eigenvalue weighted by Crippen LogP contribution is 2.36. The number of aromatic nitrogens is 2. The van der Waals surface area contributed by atoms with Crippen molar-refractivity contribution in [2.45, 2.75) is 51.4 Å². The molecule has 35 heavy (non-hydrogen) atoms. The zero-order chi connectivity index (χ0) is 24.5. The molecule has 0 spiro atoms. The summed E-state index contributed by atoms with van der Waals surface area (Å²) in [6.45, 7) is 5.92. The van der Waals surface area contributed by atoms with E-state index in [0.29, 0.717) is 31.3 Å². The molecule has 1 unspecified atom stereocenters. The minimum absolute atomic E-state index is 0.174. The van der Waals surface area contributed by atoms with Crippen molar-refractivity contribution in [2.75, 3.05) is 37.7 Å². The van der Waals surface area contributed by atoms with E-state index >= 15 is 0 Å². The van der Waals surface area contributed by atoms with Crippen LogP contribution in [0.1, 0.15) is 57.1 Å². The van der Waals surface area contributed by atoms with Gasteiger partial charge in [0.05, 0.1) is 23.7 Å². The van der Waals surface area contributed by atoms with Crippen molar-refractivity contribution in [1.82, 2.24) is 20.0 Å². The number of nitrogens with zero attached hydrogens (tertiary/aromatic N) is 4. The second kappa shape index (κ2) is 9.87. The van der Waals surface area contributed by atoms with Gasteiger partial charge in [-0.15, -0.1) is 0 Å². The predicted octanol–water partition coefficient (Wildman–Crippen LogP) is 3.18. The maximum atomic E-state index is 12.4. The lowest BCUT2D eigenvalue weighted by molar-refractivity contribution is -0.134. The number of imide groups is 1. The first-order valence-corrected chi connectivity index (χ1v) is 12.9. The number of aryl methyl sites for hydroxylation is 1. The molecule has 0 radical (unpaired) electrons. The van der Waals surface area contributed by atoms with Gasteiger partial charge in [0.15, 0.2) is 0 Å². The van der Waals surface area contributed by atoms with E-state index < -0.39 is 0 Å². The summed E-state index contributed by atoms with van der Waals surface area (Å²) in [6.07, 6.45) is 5.13. The minimum atomic E-state index is -0.381. The summed E-state index contributed by atoms with van der Waals surface area (Å²) in [7, 11) is 1.91. The fourth-order valence-corrected chi connectivity index (χ4v) is 6.08. The van der Waals surface area contributed by atoms with Gasteiger partial charge in [0.1, 0.15) is 0 Å². The number of carbonyl (C=O) groups excluding carboxylic acids is 3. The summed E-state index contributed by atoms with van der Waals surface area (Å²) in [4.78, 5) is 40.2. The maximum Gasteiger partial charge on any atom is 0.409 e. The molecule has 1 N–H and O–H groups in total. The molecule has 1 aromatic heterocycles. The molecule has 3 aliphatic rings. The lowest BCUT2D eigenvalue weighted by Crippen LogP contribution is -2.43. The SMILES string of the molecule is CCOC(=O)N1CCC(C2CCN(c3ccc4c(C5CCC(=O)NC5=O)nn(C)c4c3)CC2)CC1. The monoisotopic (exact) mass is 481 g/mol. The molecule has 1 aromatic carbocycles. The van der Waals surface area contributed by atoms with Crippen molar-refractivity contribution >= 4 is 34.5 Å². The van der Waals surface area contributed by atoms with Gasteiger partial charge in [0.25, 0.3) is 0 Å². The van der Waals surface area contributed by atoms with Crippen LogP contribution in [-0.4, -0.2) is 65.4 Å². The molecule has 3 fully saturated rings. The molecule has 0 aliphatic carbocycles. The average molecular weight is 482 g/mol. The van der Waals surface area contributed by atoms with Crippen LogP contribution in [0.5, 0.6) is 0 Å². The highest BCUT2D eigenvalue weighted by atomic mass is 16.6. The third kappa shape index (κ3) is 4.73. The van der Waals surface area contributed by atoms with Crippen LogP contribution >= 0.6 is 0 Å². The van der Waals surface area contributed by atoms with Gasteiger partial charge in [-0.3, -0.25) is 19.6 Å². The second-order valence-electron chi connectivity index (χ2n) is 10.1. The molecule has 188 valence electrons. The van der Waals surface area contributed by atoms with Crippen molar-refractivity contribution < 1.29 is 19.1 Å². The Kier molecular flexibility index (Phi) is 6.67. The van der Waals surface area contributed by atoms with Crippen LogP contribution in [0.25, 0.3) is 10.9 Å². The zero-order valence-electron chi connectivity index (χ0n) is 20.7. The Hall–Kier alpha value is -3.10. The van der Waals surface area contributed by atoms with Crippen LogP contribution in [-0.2, 0) is 21.4 Å². The average Bonchev–Trinajstić information content (AvgIpc) is 3.20. The number of rotatable bonds is 4. The summed E-state index contributed by atoms with van der Waals surface area (Å²) in [6, 6.07) is 6.39. The lowest BCUT2D eigenvalue weighted by Gasteiger charge is -2.40. The molecule has 3 amide bonds. The first kappa shape index (κ1) is 23.6. The predicted molar refractivity (Wildman–Crippen MR) is 132 cm³/mol. The maximum absolute atomic E-state index is 12.4. The fraction of sp³-hybridized carbons (Fsp3) is 0.615. The largest absolute Gasteiger partial charge is 0.450 e. The number of likely N-dealkylation sites (tertiary alicyclic amines) is 1. The molecule has 3 saturated heterocycles. The highest BCUT2D eigenvalue weighted by molar-refractivity contribution is 6.02. The highest BCUT2D eigenvalue weighted by Gasteiger charge is 2.33. The molecule has 0 saturated carbocycles. The number of piperidine rings is 3. The summed E-state index contributed by atoms with van der Waals surface area (Å²) < 4.78 is 7.00. The Balaban J connectivity index is 1.21. The third-order valence-corrected chi connectivity index (χ3v) is 8.07. The Morgan fingerprint density at radius 2 is 1.74 bits per heavy atom. The van der Waals surface area contributed by atoms with E-state index in [0.717, 1.165) is 68.5 Å². The van der Waals surface area contributed by atoms with Crippen LogP contribution in [0.15, 0.2) is 18.2 Å². The molecule has 9 nitrogen and oxygen atoms in total. The van der Waals surface area contributed by atoms with Crippen molar-refractivity contribution in [2.24, 2.45) is 18.9 Å². The minimum Gasteiger partial charge on any atom is -0.450 e. The molecule has 3 aliphatic heterocycles. The number of carbonyl (C=O) groups is 3. The number of amides is 3. The number of hydrogen-bond acceptors (Lipinski definition) is 6. The third-order valence-electron chi connectivity index (χ3n) is 8.07. The smallest absolute Gasteiger partial charge is 0.409 e. The Morgan fingerprint density at radius 3 is 2.40 bits per heavy atom. The second-order valence-corrected chi connectivity index (χ2v) is 10.1. The number of benzene rings is 1. The topological polar surface area (TPSA) is 96.8 Å². The zero-order valence-corrected chi connectivity index (χ0v) is 20.7. The van der Waals surface area contributed by atoms with Crippen LogP contribution in [0.3, 0.4) is 0 Å². The fourth-order valence-electron chi connectivity index (χ4n) is 6.08. The van der Waals surface area contributed by atoms with E-state index in [1.54, 1.807) is 0 Å². The van der Waals surface area contributed by atoms with Gasteiger partial charge in [-0.1, -0.05) is 0 Å². The van der Waals surface area contributed by atoms with Crippen molar-refractivity contribution in [3.05, 3.63) is 23.9 Å². The first-order chi connectivity index (χ1) is 16.9. The summed E-state index contributed by atoms with van der Waals surface area (Å²) in [5, 5.41) is 8.10. The van der Waals surface area contributed by atoms with E-state index in [4.69, 9.17) is 4.74 Å². The Labute approximate surface area is 205 Å². The Bertz CT molecular complexity index is 1110. The van der Waals surface area contributed by atoms with E-state index in [9.17, 15) is 14.4 Å². The summed E-state index contributed by atoms with van der Waals surface area (Å²) in [5.41, 5.74) is 2.95. The van der Waals surface area contributed by atoms with Crippen LogP contribution in [0, 0.1) is 11.8 Å². The molecule has 4 heterocycles. The number of anilines is 1. The van der Waals surface area contributed by atoms with E-state index in [-0.39, 0.29) is 23.8 Å². The van der Waals surface area contributed by atoms with Gasteiger partial charge in [-0.05, 0) is 69.1 Å². The molecular weight excluding hydrogens is 446 g/mol. The summed E-state index contributed by atoms with van der Waals surface area (Å²) >= 11 is 0. The van der Waals surface area contributed by atoms with Crippen LogP contribution in [0.2, 0.25) is 0 Å². The standard InChI is InChI=1S/C26H35N5O4/c1-3-35-26(34)31-14-10-18(11-15-31)17-8-12-30(13-9-17)19-4-5-20-22(16-19)29(2)28-24(20)21-6-7-23(32)27-25(21)33/h4-5,16-18,21H,3,6-15H2,1-2H3,(H,27,32,33). The van der Waals surface area contributed by atoms with Gasteiger partial charge in [-0.25, -0.2) is 4.79 Å². The number of nitrogens with one attached hydrogen (secondary N) is 1. The van der Waals surface area contributed by atoms with Crippen molar-refractivity contribution in [3.8, 4) is 0 Å². The molecular formula is C26H35N5O4. The number of ether oxygens (including phenoxy) is 1. The van der Waals surface area contributed by atoms with Crippen molar-refractivity contribution in [1.29, 1.82) is 0 Å². The van der Waals surface area contributed by atoms with Crippen LogP contribution in [0.4, 0.5) is 10.5 Å². The lowest BCUT2D eigenvalue weighted by atomic mass is 9.79. The number of fused-ring (bicyclic) bond motifs is 1. The molecule has 5 rings (SSSR count). The Morgan fingerprint density at radius 1 is 1.06 bits per heavy atom. The summed E-state index contributed by atoms with van der Waals surface area (Å²) in [5.74, 6) is 0.545. The van der Waals surface area contributed by atoms with E-state index in [2.05, 4.69) is 33.5 Å². The van der Waals surface area contributed by atoms with E-state index in [1.165, 1.54) is 5.69 Å².